The maximum Gasteiger partial charge on any atom is 0.0233 e. The highest BCUT2D eigenvalue weighted by Crippen LogP contribution is 2.27. The van der Waals surface area contributed by atoms with Crippen LogP contribution in [0.1, 0.15) is 29.0 Å². The van der Waals surface area contributed by atoms with Gasteiger partial charge in [0.1, 0.15) is 0 Å². The van der Waals surface area contributed by atoms with Crippen LogP contribution in [0, 0.1) is 0 Å². The predicted molar refractivity (Wildman–Crippen MR) is 83.4 cm³/mol. The minimum atomic E-state index is 0.625. The fourth-order valence-electron chi connectivity index (χ4n) is 3.01. The summed E-state index contributed by atoms with van der Waals surface area (Å²) >= 11 is 0. The number of nitrogens with two attached hydrogens (primary N) is 1. The highest BCUT2D eigenvalue weighted by molar-refractivity contribution is 5.24. The van der Waals surface area contributed by atoms with Crippen LogP contribution in [0.3, 0.4) is 0 Å². The molecule has 3 rings (SSSR count). The Bertz CT molecular complexity index is 533. The van der Waals surface area contributed by atoms with Gasteiger partial charge in [0.2, 0.25) is 0 Å². The van der Waals surface area contributed by atoms with Crippen LogP contribution >= 0.6 is 0 Å². The quantitative estimate of drug-likeness (QED) is 0.921. The van der Waals surface area contributed by atoms with Gasteiger partial charge < -0.3 is 5.73 Å². The molecule has 0 amide bonds. The maximum absolute atomic E-state index is 5.64. The molecule has 104 valence electrons. The first kappa shape index (κ1) is 13.3. The van der Waals surface area contributed by atoms with Gasteiger partial charge in [-0.3, -0.25) is 4.90 Å². The smallest absolute Gasteiger partial charge is 0.0233 e. The zero-order valence-electron chi connectivity index (χ0n) is 11.8. The van der Waals surface area contributed by atoms with E-state index in [4.69, 9.17) is 5.73 Å². The molecule has 2 nitrogen and oxygen atoms in total. The van der Waals surface area contributed by atoms with Gasteiger partial charge in [0, 0.05) is 19.6 Å². The highest BCUT2D eigenvalue weighted by Gasteiger charge is 2.23. The van der Waals surface area contributed by atoms with E-state index in [0.29, 0.717) is 12.5 Å². The summed E-state index contributed by atoms with van der Waals surface area (Å²) in [7, 11) is 0. The first-order valence-corrected chi connectivity index (χ1v) is 7.40. The Morgan fingerprint density at radius 3 is 2.35 bits per heavy atom. The van der Waals surface area contributed by atoms with E-state index < -0.39 is 0 Å². The molecule has 0 aliphatic carbocycles. The second-order valence-corrected chi connectivity index (χ2v) is 5.65. The molecule has 2 aromatic carbocycles. The lowest BCUT2D eigenvalue weighted by Gasteiger charge is -2.16. The molecular formula is C18H22N2. The summed E-state index contributed by atoms with van der Waals surface area (Å²) in [6.45, 7) is 4.04. The SMILES string of the molecule is NCc1ccc(CN2CCC(c3ccccc3)C2)cc1. The van der Waals surface area contributed by atoms with Gasteiger partial charge in [-0.1, -0.05) is 54.6 Å². The topological polar surface area (TPSA) is 29.3 Å². The molecule has 0 aromatic heterocycles. The normalized spacial score (nSPS) is 19.4. The Labute approximate surface area is 121 Å². The van der Waals surface area contributed by atoms with Gasteiger partial charge in [0.25, 0.3) is 0 Å². The van der Waals surface area contributed by atoms with E-state index in [2.05, 4.69) is 59.5 Å². The van der Waals surface area contributed by atoms with E-state index >= 15 is 0 Å². The molecule has 2 aromatic rings. The molecule has 0 radical (unpaired) electrons. The van der Waals surface area contributed by atoms with Crippen LogP contribution in [0.15, 0.2) is 54.6 Å². The molecule has 1 atom stereocenters. The lowest BCUT2D eigenvalue weighted by molar-refractivity contribution is 0.327. The number of hydrogen-bond acceptors (Lipinski definition) is 2. The average molecular weight is 266 g/mol. The van der Waals surface area contributed by atoms with Crippen LogP contribution in [-0.2, 0) is 13.1 Å². The lowest BCUT2D eigenvalue weighted by atomic mass is 9.99. The summed E-state index contributed by atoms with van der Waals surface area (Å²) in [6.07, 6.45) is 1.27. The molecule has 1 saturated heterocycles. The van der Waals surface area contributed by atoms with Crippen molar-refractivity contribution < 1.29 is 0 Å². The van der Waals surface area contributed by atoms with Crippen molar-refractivity contribution in [3.05, 3.63) is 71.3 Å². The molecule has 2 heteroatoms. The molecule has 1 aliphatic heterocycles. The van der Waals surface area contributed by atoms with Crippen molar-refractivity contribution in [2.45, 2.75) is 25.4 Å². The second kappa shape index (κ2) is 6.21. The summed E-state index contributed by atoms with van der Waals surface area (Å²) < 4.78 is 0. The minimum absolute atomic E-state index is 0.625. The van der Waals surface area contributed by atoms with Crippen molar-refractivity contribution in [3.63, 3.8) is 0 Å². The molecule has 1 aliphatic rings. The van der Waals surface area contributed by atoms with Gasteiger partial charge in [-0.2, -0.15) is 0 Å². The number of nitrogens with zero attached hydrogens (tertiary/aromatic N) is 1. The van der Waals surface area contributed by atoms with Crippen LogP contribution < -0.4 is 5.73 Å². The van der Waals surface area contributed by atoms with Gasteiger partial charge in [-0.15, -0.1) is 0 Å². The van der Waals surface area contributed by atoms with Crippen LogP contribution in [0.5, 0.6) is 0 Å². The summed E-state index contributed by atoms with van der Waals surface area (Å²) in [6, 6.07) is 19.6. The van der Waals surface area contributed by atoms with Crippen molar-refractivity contribution in [2.75, 3.05) is 13.1 Å². The minimum Gasteiger partial charge on any atom is -0.326 e. The zero-order chi connectivity index (χ0) is 13.8. The standard InChI is InChI=1S/C18H22N2/c19-12-15-6-8-16(9-7-15)13-20-11-10-18(14-20)17-4-2-1-3-5-17/h1-9,18H,10-14,19H2. The first-order chi connectivity index (χ1) is 9.85. The largest absolute Gasteiger partial charge is 0.326 e. The van der Waals surface area contributed by atoms with Crippen molar-refractivity contribution in [1.82, 2.24) is 4.90 Å². The van der Waals surface area contributed by atoms with Gasteiger partial charge in [0.15, 0.2) is 0 Å². The Balaban J connectivity index is 1.60. The van der Waals surface area contributed by atoms with E-state index in [9.17, 15) is 0 Å². The van der Waals surface area contributed by atoms with Crippen LogP contribution in [0.4, 0.5) is 0 Å². The number of rotatable bonds is 4. The predicted octanol–water partition coefficient (Wildman–Crippen LogP) is 3.13. The lowest BCUT2D eigenvalue weighted by Crippen LogP contribution is -2.19. The van der Waals surface area contributed by atoms with Crippen molar-refractivity contribution in [3.8, 4) is 0 Å². The number of hydrogen-bond donors (Lipinski definition) is 1. The zero-order valence-corrected chi connectivity index (χ0v) is 11.8. The monoisotopic (exact) mass is 266 g/mol. The third-order valence-electron chi connectivity index (χ3n) is 4.21. The molecule has 20 heavy (non-hydrogen) atoms. The van der Waals surface area contributed by atoms with Crippen LogP contribution in [0.25, 0.3) is 0 Å². The van der Waals surface area contributed by atoms with E-state index in [1.165, 1.54) is 36.2 Å². The third-order valence-corrected chi connectivity index (χ3v) is 4.21. The van der Waals surface area contributed by atoms with Gasteiger partial charge >= 0.3 is 0 Å². The molecule has 0 spiro atoms. The molecule has 1 heterocycles. The fourth-order valence-corrected chi connectivity index (χ4v) is 3.01. The maximum atomic E-state index is 5.64. The summed E-state index contributed by atoms with van der Waals surface area (Å²) in [5, 5.41) is 0. The summed E-state index contributed by atoms with van der Waals surface area (Å²) in [5.41, 5.74) is 9.71. The molecule has 1 fully saturated rings. The molecule has 0 saturated carbocycles. The Hall–Kier alpha value is -1.64. The van der Waals surface area contributed by atoms with E-state index in [1.807, 2.05) is 0 Å². The van der Waals surface area contributed by atoms with Crippen LogP contribution in [0.2, 0.25) is 0 Å². The Morgan fingerprint density at radius 2 is 1.65 bits per heavy atom. The fraction of sp³-hybridized carbons (Fsp3) is 0.333. The average Bonchev–Trinajstić information content (AvgIpc) is 2.97. The Kier molecular flexibility index (Phi) is 4.14. The van der Waals surface area contributed by atoms with Crippen molar-refractivity contribution in [2.24, 2.45) is 5.73 Å². The van der Waals surface area contributed by atoms with Gasteiger partial charge in [0.05, 0.1) is 0 Å². The third kappa shape index (κ3) is 3.09. The molecule has 1 unspecified atom stereocenters. The van der Waals surface area contributed by atoms with E-state index in [-0.39, 0.29) is 0 Å². The number of likely N-dealkylation sites (tertiary alicyclic amines) is 1. The van der Waals surface area contributed by atoms with E-state index in [0.717, 1.165) is 6.54 Å². The second-order valence-electron chi connectivity index (χ2n) is 5.65. The highest BCUT2D eigenvalue weighted by atomic mass is 15.1. The molecule has 2 N–H and O–H groups in total. The summed E-state index contributed by atoms with van der Waals surface area (Å²) in [4.78, 5) is 2.55. The first-order valence-electron chi connectivity index (χ1n) is 7.40. The van der Waals surface area contributed by atoms with Crippen molar-refractivity contribution in [1.29, 1.82) is 0 Å². The number of benzene rings is 2. The van der Waals surface area contributed by atoms with Crippen molar-refractivity contribution >= 4 is 0 Å². The van der Waals surface area contributed by atoms with E-state index in [1.54, 1.807) is 0 Å². The van der Waals surface area contributed by atoms with Gasteiger partial charge in [-0.25, -0.2) is 0 Å². The van der Waals surface area contributed by atoms with Crippen LogP contribution in [-0.4, -0.2) is 18.0 Å². The molecule has 0 bridgehead atoms. The summed E-state index contributed by atoms with van der Waals surface area (Å²) in [5.74, 6) is 0.694. The molecular weight excluding hydrogens is 244 g/mol. The Morgan fingerprint density at radius 1 is 0.950 bits per heavy atom. The van der Waals surface area contributed by atoms with Gasteiger partial charge in [-0.05, 0) is 35.6 Å².